The number of amides is 2. The summed E-state index contributed by atoms with van der Waals surface area (Å²) in [6.07, 6.45) is 5.58. The smallest absolute Gasteiger partial charge is 0.242 e. The van der Waals surface area contributed by atoms with E-state index in [1.165, 1.54) is 0 Å². The molecule has 1 fully saturated rings. The highest BCUT2D eigenvalue weighted by atomic mass is 35.5. The van der Waals surface area contributed by atoms with E-state index in [4.69, 9.17) is 11.6 Å². The second-order valence-corrected chi connectivity index (χ2v) is 10.1. The van der Waals surface area contributed by atoms with E-state index >= 15 is 0 Å². The largest absolute Gasteiger partial charge is 0.352 e. The Morgan fingerprint density at radius 2 is 1.81 bits per heavy atom. The predicted molar refractivity (Wildman–Crippen MR) is 133 cm³/mol. The maximum absolute atomic E-state index is 13.2. The number of rotatable bonds is 10. The summed E-state index contributed by atoms with van der Waals surface area (Å²) >= 11 is 7.66. The lowest BCUT2D eigenvalue weighted by Crippen LogP contribution is -2.49. The number of hydrogen-bond donors (Lipinski definition) is 1. The Hall–Kier alpha value is -1.98. The third kappa shape index (κ3) is 7.28. The highest BCUT2D eigenvalue weighted by Crippen LogP contribution is 2.23. The summed E-state index contributed by atoms with van der Waals surface area (Å²) in [6.45, 7) is 4.35. The van der Waals surface area contributed by atoms with E-state index in [9.17, 15) is 9.59 Å². The van der Waals surface area contributed by atoms with E-state index in [0.717, 1.165) is 58.9 Å². The third-order valence-electron chi connectivity index (χ3n) is 6.09. The number of carbonyl (C=O) groups is 2. The molecule has 0 heterocycles. The maximum atomic E-state index is 13.2. The molecule has 1 saturated carbocycles. The summed E-state index contributed by atoms with van der Waals surface area (Å²) < 4.78 is 0. The molecule has 2 aromatic carbocycles. The lowest BCUT2D eigenvalue weighted by atomic mass is 10.1. The van der Waals surface area contributed by atoms with Gasteiger partial charge in [-0.25, -0.2) is 0 Å². The number of thioether (sulfide) groups is 1. The van der Waals surface area contributed by atoms with Gasteiger partial charge >= 0.3 is 0 Å². The van der Waals surface area contributed by atoms with E-state index in [2.05, 4.69) is 5.32 Å². The molecule has 0 aliphatic heterocycles. The van der Waals surface area contributed by atoms with E-state index in [1.54, 1.807) is 16.7 Å². The van der Waals surface area contributed by atoms with Crippen molar-refractivity contribution < 1.29 is 9.59 Å². The molecule has 0 spiro atoms. The van der Waals surface area contributed by atoms with Crippen LogP contribution in [0.1, 0.15) is 56.6 Å². The SMILES string of the molecule is Cc1ccccc1CN(C(=O)CCCSc1ccc(Cl)cc1)C(C)C(=O)NC1CCCC1. The molecular weight excluding hydrogens is 440 g/mol. The summed E-state index contributed by atoms with van der Waals surface area (Å²) in [4.78, 5) is 29.1. The zero-order valence-corrected chi connectivity index (χ0v) is 20.6. The van der Waals surface area contributed by atoms with E-state index in [-0.39, 0.29) is 17.9 Å². The number of carbonyl (C=O) groups excluding carboxylic acids is 2. The number of nitrogens with one attached hydrogen (secondary N) is 1. The van der Waals surface area contributed by atoms with Gasteiger partial charge in [0.15, 0.2) is 0 Å². The molecule has 1 unspecified atom stereocenters. The Labute approximate surface area is 201 Å². The van der Waals surface area contributed by atoms with Gasteiger partial charge in [0, 0.05) is 28.9 Å². The molecule has 2 aromatic rings. The normalized spacial score (nSPS) is 14.8. The second kappa shape index (κ2) is 12.3. The van der Waals surface area contributed by atoms with Gasteiger partial charge < -0.3 is 10.2 Å². The highest BCUT2D eigenvalue weighted by molar-refractivity contribution is 7.99. The molecule has 0 aromatic heterocycles. The van der Waals surface area contributed by atoms with Crippen LogP contribution in [0.25, 0.3) is 0 Å². The molecule has 2 amide bonds. The fourth-order valence-electron chi connectivity index (χ4n) is 4.03. The first kappa shape index (κ1) is 24.7. The standard InChI is InChI=1S/C26H33ClN2O2S/c1-19-8-3-4-9-21(19)18-29(20(2)26(31)28-23-10-5-6-11-23)25(30)12-7-17-32-24-15-13-22(27)14-16-24/h3-4,8-9,13-16,20,23H,5-7,10-12,17-18H2,1-2H3,(H,28,31). The first-order valence-corrected chi connectivity index (χ1v) is 12.8. The predicted octanol–water partition coefficient (Wildman–Crippen LogP) is 6.00. The quantitative estimate of drug-likeness (QED) is 0.341. The molecule has 0 radical (unpaired) electrons. The number of nitrogens with zero attached hydrogens (tertiary/aromatic N) is 1. The minimum Gasteiger partial charge on any atom is -0.352 e. The van der Waals surface area contributed by atoms with Crippen LogP contribution in [0, 0.1) is 6.92 Å². The molecular formula is C26H33ClN2O2S. The summed E-state index contributed by atoms with van der Waals surface area (Å²) in [5.74, 6) is 0.822. The van der Waals surface area contributed by atoms with Crippen LogP contribution < -0.4 is 5.32 Å². The molecule has 0 bridgehead atoms. The highest BCUT2D eigenvalue weighted by Gasteiger charge is 2.28. The van der Waals surface area contributed by atoms with Crippen molar-refractivity contribution in [2.75, 3.05) is 5.75 Å². The Morgan fingerprint density at radius 1 is 1.12 bits per heavy atom. The van der Waals surface area contributed by atoms with Gasteiger partial charge in [0.05, 0.1) is 0 Å². The molecule has 32 heavy (non-hydrogen) atoms. The van der Waals surface area contributed by atoms with Gasteiger partial charge in [-0.2, -0.15) is 0 Å². The topological polar surface area (TPSA) is 49.4 Å². The maximum Gasteiger partial charge on any atom is 0.242 e. The number of benzene rings is 2. The van der Waals surface area contributed by atoms with E-state index in [1.807, 2.05) is 62.4 Å². The summed E-state index contributed by atoms with van der Waals surface area (Å²) in [6, 6.07) is 15.6. The summed E-state index contributed by atoms with van der Waals surface area (Å²) in [5, 5.41) is 3.88. The van der Waals surface area contributed by atoms with Crippen LogP contribution in [0.15, 0.2) is 53.4 Å². The van der Waals surface area contributed by atoms with Gasteiger partial charge in [0.25, 0.3) is 0 Å². The van der Waals surface area contributed by atoms with Gasteiger partial charge in [0.2, 0.25) is 11.8 Å². The lowest BCUT2D eigenvalue weighted by Gasteiger charge is -2.30. The van der Waals surface area contributed by atoms with Crippen molar-refractivity contribution in [3.63, 3.8) is 0 Å². The van der Waals surface area contributed by atoms with Crippen molar-refractivity contribution in [3.05, 3.63) is 64.7 Å². The van der Waals surface area contributed by atoms with E-state index in [0.29, 0.717) is 13.0 Å². The molecule has 3 rings (SSSR count). The minimum absolute atomic E-state index is 0.0269. The zero-order chi connectivity index (χ0) is 22.9. The van der Waals surface area contributed by atoms with Crippen LogP contribution in [-0.4, -0.2) is 34.6 Å². The van der Waals surface area contributed by atoms with Crippen molar-refractivity contribution >= 4 is 35.2 Å². The van der Waals surface area contributed by atoms with Crippen LogP contribution >= 0.6 is 23.4 Å². The minimum atomic E-state index is -0.494. The Balaban J connectivity index is 1.60. The third-order valence-corrected chi connectivity index (χ3v) is 7.44. The molecule has 1 N–H and O–H groups in total. The lowest BCUT2D eigenvalue weighted by molar-refractivity contribution is -0.140. The average molecular weight is 473 g/mol. The Kier molecular flexibility index (Phi) is 9.49. The molecule has 6 heteroatoms. The summed E-state index contributed by atoms with van der Waals surface area (Å²) in [7, 11) is 0. The fraction of sp³-hybridized carbons (Fsp3) is 0.462. The van der Waals surface area contributed by atoms with Crippen LogP contribution in [-0.2, 0) is 16.1 Å². The second-order valence-electron chi connectivity index (χ2n) is 8.52. The van der Waals surface area contributed by atoms with Gasteiger partial charge in [-0.3, -0.25) is 9.59 Å². The summed E-state index contributed by atoms with van der Waals surface area (Å²) in [5.41, 5.74) is 2.21. The molecule has 1 atom stereocenters. The van der Waals surface area contributed by atoms with Gasteiger partial charge in [-0.15, -0.1) is 11.8 Å². The Morgan fingerprint density at radius 3 is 2.50 bits per heavy atom. The van der Waals surface area contributed by atoms with Crippen molar-refractivity contribution in [2.45, 2.75) is 75.9 Å². The number of aryl methyl sites for hydroxylation is 1. The van der Waals surface area contributed by atoms with Crippen LogP contribution in [0.3, 0.4) is 0 Å². The zero-order valence-electron chi connectivity index (χ0n) is 19.0. The fourth-order valence-corrected chi connectivity index (χ4v) is 5.01. The van der Waals surface area contributed by atoms with Crippen LogP contribution in [0.4, 0.5) is 0 Å². The number of hydrogen-bond acceptors (Lipinski definition) is 3. The molecule has 0 saturated heterocycles. The van der Waals surface area contributed by atoms with Crippen LogP contribution in [0.5, 0.6) is 0 Å². The average Bonchev–Trinajstić information content (AvgIpc) is 3.30. The Bertz CT molecular complexity index is 897. The first-order valence-electron chi connectivity index (χ1n) is 11.5. The molecule has 1 aliphatic rings. The monoisotopic (exact) mass is 472 g/mol. The number of halogens is 1. The van der Waals surface area contributed by atoms with Gasteiger partial charge in [0.1, 0.15) is 6.04 Å². The molecule has 4 nitrogen and oxygen atoms in total. The van der Waals surface area contributed by atoms with Gasteiger partial charge in [-0.05, 0) is 74.3 Å². The first-order chi connectivity index (χ1) is 15.4. The van der Waals surface area contributed by atoms with Crippen molar-refractivity contribution in [2.24, 2.45) is 0 Å². The van der Waals surface area contributed by atoms with E-state index < -0.39 is 6.04 Å². The molecule has 1 aliphatic carbocycles. The van der Waals surface area contributed by atoms with Crippen LogP contribution in [0.2, 0.25) is 5.02 Å². The van der Waals surface area contributed by atoms with Crippen molar-refractivity contribution in [3.8, 4) is 0 Å². The van der Waals surface area contributed by atoms with Crippen molar-refractivity contribution in [1.29, 1.82) is 0 Å². The molecule has 172 valence electrons. The van der Waals surface area contributed by atoms with Gasteiger partial charge in [-0.1, -0.05) is 48.7 Å². The van der Waals surface area contributed by atoms with Crippen molar-refractivity contribution in [1.82, 2.24) is 10.2 Å².